The van der Waals surface area contributed by atoms with Crippen molar-refractivity contribution in [3.8, 4) is 0 Å². The van der Waals surface area contributed by atoms with E-state index in [2.05, 4.69) is 43.2 Å². The average molecular weight is 269 g/mol. The molecule has 0 saturated heterocycles. The van der Waals surface area contributed by atoms with E-state index in [0.29, 0.717) is 6.54 Å². The first-order valence-electron chi connectivity index (χ1n) is 7.16. The van der Waals surface area contributed by atoms with Gasteiger partial charge in [0.1, 0.15) is 0 Å². The van der Waals surface area contributed by atoms with Crippen molar-refractivity contribution in [2.75, 3.05) is 6.54 Å². The Kier molecular flexibility index (Phi) is 6.17. The molecular weight excluding hydrogens is 238 g/mol. The number of carbonyl (C=O) groups is 1. The highest BCUT2D eigenvalue weighted by Crippen LogP contribution is 2.34. The first-order chi connectivity index (χ1) is 8.44. The number of amides is 1. The van der Waals surface area contributed by atoms with Crippen LogP contribution in [-0.4, -0.2) is 23.5 Å². The van der Waals surface area contributed by atoms with Crippen molar-refractivity contribution in [1.82, 2.24) is 5.32 Å². The van der Waals surface area contributed by atoms with Gasteiger partial charge in [-0.3, -0.25) is 4.79 Å². The molecule has 0 aliphatic rings. The molecule has 0 atom stereocenters. The fraction of sp³-hybridized carbons (Fsp3) is 0.933. The van der Waals surface area contributed by atoms with Crippen LogP contribution in [0.3, 0.4) is 0 Å². The van der Waals surface area contributed by atoms with Crippen LogP contribution in [0, 0.1) is 5.41 Å². The second kappa shape index (κ2) is 6.49. The van der Waals surface area contributed by atoms with E-state index < -0.39 is 5.54 Å². The summed E-state index contributed by atoms with van der Waals surface area (Å²) < 4.78 is 0. The third kappa shape index (κ3) is 5.70. The number of unbranched alkanes of at least 4 members (excludes halogenated alkanes) is 1. The van der Waals surface area contributed by atoms with E-state index in [4.69, 9.17) is 0 Å². The third-order valence-corrected chi connectivity index (χ3v) is 3.76. The lowest BCUT2D eigenvalue weighted by Gasteiger charge is -2.34. The molecule has 19 heavy (non-hydrogen) atoms. The fourth-order valence-corrected chi connectivity index (χ4v) is 1.04. The molecule has 4 heteroatoms. The van der Waals surface area contributed by atoms with Gasteiger partial charge in [-0.1, -0.05) is 34.1 Å². The summed E-state index contributed by atoms with van der Waals surface area (Å²) in [6.45, 7) is 16.9. The van der Waals surface area contributed by atoms with Gasteiger partial charge in [0, 0.05) is 6.54 Å². The lowest BCUT2D eigenvalue weighted by atomic mass is 9.77. The summed E-state index contributed by atoms with van der Waals surface area (Å²) >= 11 is 0. The molecule has 0 aliphatic carbocycles. The largest absolute Gasteiger partial charge is 0.354 e. The van der Waals surface area contributed by atoms with Crippen LogP contribution in [0.15, 0.2) is 10.2 Å². The van der Waals surface area contributed by atoms with Gasteiger partial charge < -0.3 is 5.32 Å². The Morgan fingerprint density at radius 1 is 1.00 bits per heavy atom. The first kappa shape index (κ1) is 18.1. The quantitative estimate of drug-likeness (QED) is 0.576. The first-order valence-corrected chi connectivity index (χ1v) is 7.16. The van der Waals surface area contributed by atoms with E-state index in [9.17, 15) is 4.79 Å². The number of nitrogens with one attached hydrogen (secondary N) is 1. The van der Waals surface area contributed by atoms with Crippen LogP contribution in [0.5, 0.6) is 0 Å². The van der Waals surface area contributed by atoms with Gasteiger partial charge >= 0.3 is 0 Å². The highest BCUT2D eigenvalue weighted by molar-refractivity contribution is 5.85. The normalized spacial score (nSPS) is 13.9. The van der Waals surface area contributed by atoms with Crippen LogP contribution < -0.4 is 5.32 Å². The van der Waals surface area contributed by atoms with Crippen molar-refractivity contribution >= 4 is 5.91 Å². The maximum absolute atomic E-state index is 12.0. The Morgan fingerprint density at radius 3 is 1.95 bits per heavy atom. The summed E-state index contributed by atoms with van der Waals surface area (Å²) in [7, 11) is 0. The summed E-state index contributed by atoms with van der Waals surface area (Å²) in [5, 5.41) is 11.6. The molecular formula is C15H31N3O. The van der Waals surface area contributed by atoms with Crippen molar-refractivity contribution in [2.24, 2.45) is 15.6 Å². The lowest BCUT2D eigenvalue weighted by Crippen LogP contribution is -2.42. The second-order valence-corrected chi connectivity index (χ2v) is 7.18. The van der Waals surface area contributed by atoms with Crippen molar-refractivity contribution in [1.29, 1.82) is 0 Å². The molecule has 0 fully saturated rings. The number of hydrogen-bond donors (Lipinski definition) is 1. The third-order valence-electron chi connectivity index (χ3n) is 3.76. The Hall–Kier alpha value is -0.930. The van der Waals surface area contributed by atoms with Crippen LogP contribution in [0.2, 0.25) is 0 Å². The minimum absolute atomic E-state index is 0.00522. The van der Waals surface area contributed by atoms with Gasteiger partial charge in [-0.25, -0.2) is 0 Å². The van der Waals surface area contributed by atoms with Gasteiger partial charge in [-0.05, 0) is 39.5 Å². The molecule has 0 unspecified atom stereocenters. The summed E-state index contributed by atoms with van der Waals surface area (Å²) in [5.41, 5.74) is -1.10. The zero-order chi connectivity index (χ0) is 15.3. The van der Waals surface area contributed by atoms with Crippen LogP contribution in [0.4, 0.5) is 0 Å². The SMILES string of the molecule is CCCCNC(=O)C(C)(C)N=NC(C)(C)C(C)(C)C. The van der Waals surface area contributed by atoms with E-state index in [1.54, 1.807) is 13.8 Å². The van der Waals surface area contributed by atoms with E-state index in [1.165, 1.54) is 0 Å². The van der Waals surface area contributed by atoms with Crippen LogP contribution in [0.1, 0.15) is 68.2 Å². The lowest BCUT2D eigenvalue weighted by molar-refractivity contribution is -0.125. The van der Waals surface area contributed by atoms with Crippen molar-refractivity contribution < 1.29 is 4.79 Å². The zero-order valence-corrected chi connectivity index (χ0v) is 13.9. The standard InChI is InChI=1S/C15H31N3O/c1-9-10-11-16-12(19)14(5,6)17-18-15(7,8)13(2,3)4/h9-11H2,1-8H3,(H,16,19). The predicted octanol–water partition coefficient (Wildman–Crippen LogP) is 3.96. The van der Waals surface area contributed by atoms with Crippen molar-refractivity contribution in [3.05, 3.63) is 0 Å². The zero-order valence-electron chi connectivity index (χ0n) is 13.9. The summed E-state index contributed by atoms with van der Waals surface area (Å²) in [6, 6.07) is 0. The van der Waals surface area contributed by atoms with Gasteiger partial charge in [-0.2, -0.15) is 10.2 Å². The van der Waals surface area contributed by atoms with Gasteiger partial charge in [0.05, 0.1) is 5.54 Å². The molecule has 4 nitrogen and oxygen atoms in total. The van der Waals surface area contributed by atoms with E-state index in [0.717, 1.165) is 12.8 Å². The fourth-order valence-electron chi connectivity index (χ4n) is 1.04. The Morgan fingerprint density at radius 2 is 1.53 bits per heavy atom. The topological polar surface area (TPSA) is 53.8 Å². The van der Waals surface area contributed by atoms with Crippen molar-refractivity contribution in [3.63, 3.8) is 0 Å². The molecule has 0 rings (SSSR count). The minimum atomic E-state index is -0.809. The highest BCUT2D eigenvalue weighted by atomic mass is 16.2. The van der Waals surface area contributed by atoms with Gasteiger partial charge in [0.15, 0.2) is 5.54 Å². The summed E-state index contributed by atoms with van der Waals surface area (Å²) in [5.74, 6) is -0.0607. The van der Waals surface area contributed by atoms with Crippen molar-refractivity contribution in [2.45, 2.75) is 79.3 Å². The maximum atomic E-state index is 12.0. The number of rotatable bonds is 6. The molecule has 0 spiro atoms. The highest BCUT2D eigenvalue weighted by Gasteiger charge is 2.35. The van der Waals surface area contributed by atoms with E-state index in [1.807, 2.05) is 13.8 Å². The van der Waals surface area contributed by atoms with E-state index in [-0.39, 0.29) is 16.9 Å². The Labute approximate surface area is 118 Å². The van der Waals surface area contributed by atoms with Gasteiger partial charge in [-0.15, -0.1) is 0 Å². The Bertz CT molecular complexity index is 325. The van der Waals surface area contributed by atoms with Crippen LogP contribution in [-0.2, 0) is 4.79 Å². The van der Waals surface area contributed by atoms with Crippen LogP contribution in [0.25, 0.3) is 0 Å². The number of azo groups is 1. The molecule has 0 radical (unpaired) electrons. The van der Waals surface area contributed by atoms with Gasteiger partial charge in [0.2, 0.25) is 5.91 Å². The predicted molar refractivity (Wildman–Crippen MR) is 80.4 cm³/mol. The number of nitrogens with zero attached hydrogens (tertiary/aromatic N) is 2. The summed E-state index contributed by atoms with van der Waals surface area (Å²) in [4.78, 5) is 12.0. The minimum Gasteiger partial charge on any atom is -0.354 e. The average Bonchev–Trinajstić information content (AvgIpc) is 2.25. The molecule has 0 aliphatic heterocycles. The molecule has 1 N–H and O–H groups in total. The molecule has 0 aromatic rings. The molecule has 0 heterocycles. The molecule has 0 saturated carbocycles. The van der Waals surface area contributed by atoms with Crippen LogP contribution >= 0.6 is 0 Å². The maximum Gasteiger partial charge on any atom is 0.249 e. The Balaban J connectivity index is 4.72. The monoisotopic (exact) mass is 269 g/mol. The second-order valence-electron chi connectivity index (χ2n) is 7.18. The molecule has 0 aromatic carbocycles. The summed E-state index contributed by atoms with van der Waals surface area (Å²) in [6.07, 6.45) is 2.06. The van der Waals surface area contributed by atoms with Gasteiger partial charge in [0.25, 0.3) is 0 Å². The molecule has 1 amide bonds. The number of carbonyl (C=O) groups excluding carboxylic acids is 1. The molecule has 0 bridgehead atoms. The molecule has 0 aromatic heterocycles. The number of hydrogen-bond acceptors (Lipinski definition) is 3. The molecule has 112 valence electrons. The smallest absolute Gasteiger partial charge is 0.249 e. The van der Waals surface area contributed by atoms with E-state index >= 15 is 0 Å².